The highest BCUT2D eigenvalue weighted by Crippen LogP contribution is 2.22. The summed E-state index contributed by atoms with van der Waals surface area (Å²) in [7, 11) is 0. The summed E-state index contributed by atoms with van der Waals surface area (Å²) in [6, 6.07) is 26.0. The molecule has 0 aliphatic heterocycles. The van der Waals surface area contributed by atoms with Crippen LogP contribution in [0.1, 0.15) is 29.7 Å². The number of carbonyl (C=O) groups excluding carboxylic acids is 1. The van der Waals surface area contributed by atoms with E-state index in [0.29, 0.717) is 17.9 Å². The van der Waals surface area contributed by atoms with Gasteiger partial charge in [-0.1, -0.05) is 72.8 Å². The van der Waals surface area contributed by atoms with Crippen LogP contribution in [0.2, 0.25) is 0 Å². The summed E-state index contributed by atoms with van der Waals surface area (Å²) in [6.45, 7) is 2.35. The number of carbonyl (C=O) groups is 1. The minimum Gasteiger partial charge on any atom is -0.489 e. The van der Waals surface area contributed by atoms with Gasteiger partial charge in [0.25, 0.3) is 0 Å². The fourth-order valence-corrected chi connectivity index (χ4v) is 2.85. The molecule has 5 heteroatoms. The smallest absolute Gasteiger partial charge is 0.407 e. The second kappa shape index (κ2) is 10.3. The normalized spacial score (nSPS) is 12.6. The van der Waals surface area contributed by atoms with Crippen LogP contribution in [0.3, 0.4) is 0 Å². The fraction of sp³-hybridized carbons (Fsp3) is 0.208. The number of amides is 1. The lowest BCUT2D eigenvalue weighted by Crippen LogP contribution is -2.37. The lowest BCUT2D eigenvalue weighted by atomic mass is 10.0. The zero-order valence-electron chi connectivity index (χ0n) is 16.3. The number of benzene rings is 3. The van der Waals surface area contributed by atoms with Crippen LogP contribution in [0.4, 0.5) is 4.79 Å². The molecule has 150 valence electrons. The number of aliphatic hydroxyl groups excluding tert-OH is 1. The van der Waals surface area contributed by atoms with Gasteiger partial charge in [0, 0.05) is 0 Å². The molecule has 3 aromatic carbocycles. The van der Waals surface area contributed by atoms with Gasteiger partial charge in [-0.25, -0.2) is 4.79 Å². The van der Waals surface area contributed by atoms with Crippen molar-refractivity contribution in [2.45, 2.75) is 32.3 Å². The van der Waals surface area contributed by atoms with Gasteiger partial charge in [0.2, 0.25) is 0 Å². The van der Waals surface area contributed by atoms with Crippen molar-refractivity contribution in [1.29, 1.82) is 0 Å². The molecule has 0 saturated carbocycles. The molecule has 0 saturated heterocycles. The van der Waals surface area contributed by atoms with Gasteiger partial charge in [-0.15, -0.1) is 0 Å². The molecular weight excluding hydrogens is 366 g/mol. The van der Waals surface area contributed by atoms with E-state index in [9.17, 15) is 9.90 Å². The average Bonchev–Trinajstić information content (AvgIpc) is 2.77. The predicted molar refractivity (Wildman–Crippen MR) is 111 cm³/mol. The molecule has 0 radical (unpaired) electrons. The van der Waals surface area contributed by atoms with Crippen LogP contribution in [0.25, 0.3) is 0 Å². The Labute approximate surface area is 170 Å². The quantitative estimate of drug-likeness (QED) is 0.588. The third-order valence-corrected chi connectivity index (χ3v) is 4.48. The van der Waals surface area contributed by atoms with Crippen LogP contribution in [-0.4, -0.2) is 17.2 Å². The molecule has 29 heavy (non-hydrogen) atoms. The monoisotopic (exact) mass is 391 g/mol. The molecule has 0 aliphatic carbocycles. The van der Waals surface area contributed by atoms with Crippen molar-refractivity contribution in [3.8, 4) is 5.75 Å². The third kappa shape index (κ3) is 6.36. The number of aliphatic hydroxyl groups is 1. The van der Waals surface area contributed by atoms with Gasteiger partial charge in [0.1, 0.15) is 19.0 Å². The summed E-state index contributed by atoms with van der Waals surface area (Å²) < 4.78 is 11.0. The van der Waals surface area contributed by atoms with Crippen LogP contribution in [0.15, 0.2) is 84.9 Å². The maximum atomic E-state index is 12.0. The van der Waals surface area contributed by atoms with Gasteiger partial charge >= 0.3 is 6.09 Å². The Hall–Kier alpha value is -3.31. The van der Waals surface area contributed by atoms with E-state index in [-0.39, 0.29) is 6.61 Å². The van der Waals surface area contributed by atoms with E-state index in [1.54, 1.807) is 19.1 Å². The molecule has 2 N–H and O–H groups in total. The summed E-state index contributed by atoms with van der Waals surface area (Å²) >= 11 is 0. The molecule has 0 heterocycles. The number of rotatable bonds is 8. The minimum atomic E-state index is -0.889. The molecular formula is C24H25NO4. The molecule has 2 atom stereocenters. The van der Waals surface area contributed by atoms with E-state index in [1.165, 1.54) is 0 Å². The van der Waals surface area contributed by atoms with Gasteiger partial charge in [-0.2, -0.15) is 0 Å². The van der Waals surface area contributed by atoms with Gasteiger partial charge in [-0.3, -0.25) is 0 Å². The second-order valence-electron chi connectivity index (χ2n) is 6.79. The minimum absolute atomic E-state index is 0.179. The zero-order chi connectivity index (χ0) is 20.5. The average molecular weight is 391 g/mol. The summed E-state index contributed by atoms with van der Waals surface area (Å²) in [4.78, 5) is 12.0. The maximum absolute atomic E-state index is 12.0. The fourth-order valence-electron chi connectivity index (χ4n) is 2.85. The van der Waals surface area contributed by atoms with Gasteiger partial charge in [0.05, 0.1) is 12.1 Å². The van der Waals surface area contributed by atoms with E-state index < -0.39 is 18.2 Å². The summed E-state index contributed by atoms with van der Waals surface area (Å²) in [5.74, 6) is 0.657. The van der Waals surface area contributed by atoms with Crippen molar-refractivity contribution in [2.24, 2.45) is 0 Å². The van der Waals surface area contributed by atoms with Crippen molar-refractivity contribution in [3.05, 3.63) is 102 Å². The SMILES string of the molecule is C[C@@H](NC(=O)OCc1ccccc1)[C@@H](O)c1cccc(OCc2ccccc2)c1. The first kappa shape index (κ1) is 20.4. The molecule has 0 aliphatic rings. The Morgan fingerprint density at radius 2 is 1.52 bits per heavy atom. The summed E-state index contributed by atoms with van der Waals surface area (Å²) in [6.07, 6.45) is -1.46. The number of ether oxygens (including phenoxy) is 2. The van der Waals surface area contributed by atoms with Crippen LogP contribution in [-0.2, 0) is 18.0 Å². The molecule has 0 bridgehead atoms. The Balaban J connectivity index is 1.52. The standard InChI is InChI=1S/C24H25NO4/c1-18(25-24(27)29-17-20-11-6-3-7-12-20)23(26)21-13-8-14-22(15-21)28-16-19-9-4-2-5-10-19/h2-15,18,23,26H,16-17H2,1H3,(H,25,27)/t18-,23-/m1/s1. The zero-order valence-corrected chi connectivity index (χ0v) is 16.3. The van der Waals surface area contributed by atoms with E-state index in [0.717, 1.165) is 11.1 Å². The number of hydrogen-bond acceptors (Lipinski definition) is 4. The van der Waals surface area contributed by atoms with Crippen molar-refractivity contribution in [2.75, 3.05) is 0 Å². The molecule has 0 spiro atoms. The van der Waals surface area contributed by atoms with E-state index in [2.05, 4.69) is 5.32 Å². The summed E-state index contributed by atoms with van der Waals surface area (Å²) in [5.41, 5.74) is 2.63. The Morgan fingerprint density at radius 1 is 0.897 bits per heavy atom. The lowest BCUT2D eigenvalue weighted by molar-refractivity contribution is 0.106. The number of nitrogens with one attached hydrogen (secondary N) is 1. The van der Waals surface area contributed by atoms with Crippen LogP contribution < -0.4 is 10.1 Å². The first-order valence-electron chi connectivity index (χ1n) is 9.54. The predicted octanol–water partition coefficient (Wildman–Crippen LogP) is 4.61. The second-order valence-corrected chi connectivity index (χ2v) is 6.79. The molecule has 1 amide bonds. The third-order valence-electron chi connectivity index (χ3n) is 4.48. The number of hydrogen-bond donors (Lipinski definition) is 2. The van der Waals surface area contributed by atoms with Crippen LogP contribution >= 0.6 is 0 Å². The largest absolute Gasteiger partial charge is 0.489 e. The molecule has 0 aromatic heterocycles. The van der Waals surface area contributed by atoms with Crippen molar-refractivity contribution in [3.63, 3.8) is 0 Å². The highest BCUT2D eigenvalue weighted by atomic mass is 16.5. The van der Waals surface area contributed by atoms with E-state index in [1.807, 2.05) is 72.8 Å². The van der Waals surface area contributed by atoms with Gasteiger partial charge < -0.3 is 19.9 Å². The molecule has 3 aromatic rings. The Kier molecular flexibility index (Phi) is 7.25. The summed E-state index contributed by atoms with van der Waals surface area (Å²) in [5, 5.41) is 13.3. The molecule has 0 fully saturated rings. The Bertz CT molecular complexity index is 899. The van der Waals surface area contributed by atoms with Crippen molar-refractivity contribution >= 4 is 6.09 Å². The lowest BCUT2D eigenvalue weighted by Gasteiger charge is -2.21. The Morgan fingerprint density at radius 3 is 2.17 bits per heavy atom. The van der Waals surface area contributed by atoms with E-state index in [4.69, 9.17) is 9.47 Å². The maximum Gasteiger partial charge on any atom is 0.407 e. The molecule has 5 nitrogen and oxygen atoms in total. The highest BCUT2D eigenvalue weighted by molar-refractivity contribution is 5.67. The van der Waals surface area contributed by atoms with E-state index >= 15 is 0 Å². The molecule has 3 rings (SSSR count). The first-order chi connectivity index (χ1) is 14.1. The van der Waals surface area contributed by atoms with Crippen LogP contribution in [0, 0.1) is 0 Å². The number of alkyl carbamates (subject to hydrolysis) is 1. The topological polar surface area (TPSA) is 67.8 Å². The van der Waals surface area contributed by atoms with Gasteiger partial charge in [-0.05, 0) is 35.7 Å². The van der Waals surface area contributed by atoms with Crippen molar-refractivity contribution < 1.29 is 19.4 Å². The first-order valence-corrected chi connectivity index (χ1v) is 9.54. The van der Waals surface area contributed by atoms with Crippen LogP contribution in [0.5, 0.6) is 5.75 Å². The highest BCUT2D eigenvalue weighted by Gasteiger charge is 2.19. The molecule has 0 unspecified atom stereocenters. The van der Waals surface area contributed by atoms with Gasteiger partial charge in [0.15, 0.2) is 0 Å². The van der Waals surface area contributed by atoms with Crippen molar-refractivity contribution in [1.82, 2.24) is 5.32 Å².